The zero-order chi connectivity index (χ0) is 12.3. The number of aromatic nitrogens is 2. The molecule has 98 valence electrons. The SMILES string of the molecule is c1cc(CNC2CCOC3(CCSC3)C2)ncn1. The first-order valence-corrected chi connectivity index (χ1v) is 7.72. The number of hydrogen-bond donors (Lipinski definition) is 1. The van der Waals surface area contributed by atoms with Crippen LogP contribution in [0.15, 0.2) is 18.6 Å². The number of thioether (sulfide) groups is 1. The Morgan fingerprint density at radius 3 is 3.33 bits per heavy atom. The predicted octanol–water partition coefficient (Wildman–Crippen LogP) is 1.62. The molecule has 2 unspecified atom stereocenters. The molecule has 2 atom stereocenters. The second kappa shape index (κ2) is 5.55. The molecule has 4 nitrogen and oxygen atoms in total. The third-order valence-corrected chi connectivity index (χ3v) is 5.00. The lowest BCUT2D eigenvalue weighted by atomic mass is 9.90. The first-order valence-electron chi connectivity index (χ1n) is 6.56. The van der Waals surface area contributed by atoms with Crippen LogP contribution in [0.25, 0.3) is 0 Å². The molecular formula is C13H19N3OS. The van der Waals surface area contributed by atoms with Crippen LogP contribution in [0, 0.1) is 0 Å². The zero-order valence-corrected chi connectivity index (χ0v) is 11.3. The minimum absolute atomic E-state index is 0.159. The van der Waals surface area contributed by atoms with Gasteiger partial charge in [-0.15, -0.1) is 0 Å². The van der Waals surface area contributed by atoms with Crippen molar-refractivity contribution in [2.75, 3.05) is 18.1 Å². The van der Waals surface area contributed by atoms with Crippen LogP contribution in [0.4, 0.5) is 0 Å². The molecule has 0 amide bonds. The second-order valence-electron chi connectivity index (χ2n) is 5.11. The second-order valence-corrected chi connectivity index (χ2v) is 6.21. The smallest absolute Gasteiger partial charge is 0.115 e. The summed E-state index contributed by atoms with van der Waals surface area (Å²) in [6, 6.07) is 2.53. The fourth-order valence-corrected chi connectivity index (χ4v) is 4.12. The van der Waals surface area contributed by atoms with Crippen molar-refractivity contribution in [3.8, 4) is 0 Å². The molecule has 0 aliphatic carbocycles. The molecule has 0 aromatic carbocycles. The predicted molar refractivity (Wildman–Crippen MR) is 72.5 cm³/mol. The van der Waals surface area contributed by atoms with E-state index in [9.17, 15) is 0 Å². The number of ether oxygens (including phenoxy) is 1. The van der Waals surface area contributed by atoms with E-state index in [4.69, 9.17) is 4.74 Å². The molecule has 1 aromatic heterocycles. The maximum absolute atomic E-state index is 6.02. The van der Waals surface area contributed by atoms with E-state index in [1.165, 1.54) is 17.9 Å². The highest BCUT2D eigenvalue weighted by Gasteiger charge is 2.40. The summed E-state index contributed by atoms with van der Waals surface area (Å²) in [5, 5.41) is 3.61. The van der Waals surface area contributed by atoms with Crippen molar-refractivity contribution in [1.82, 2.24) is 15.3 Å². The first kappa shape index (κ1) is 12.4. The molecule has 18 heavy (non-hydrogen) atoms. The minimum atomic E-state index is 0.159. The summed E-state index contributed by atoms with van der Waals surface area (Å²) >= 11 is 2.02. The van der Waals surface area contributed by atoms with Gasteiger partial charge < -0.3 is 10.1 Å². The van der Waals surface area contributed by atoms with E-state index < -0.39 is 0 Å². The molecular weight excluding hydrogens is 246 g/mol. The fraction of sp³-hybridized carbons (Fsp3) is 0.692. The van der Waals surface area contributed by atoms with Gasteiger partial charge in [0.25, 0.3) is 0 Å². The molecule has 3 heterocycles. The van der Waals surface area contributed by atoms with E-state index in [2.05, 4.69) is 15.3 Å². The van der Waals surface area contributed by atoms with E-state index >= 15 is 0 Å². The van der Waals surface area contributed by atoms with Crippen LogP contribution >= 0.6 is 11.8 Å². The Bertz CT molecular complexity index is 381. The highest BCUT2D eigenvalue weighted by molar-refractivity contribution is 7.99. The van der Waals surface area contributed by atoms with Gasteiger partial charge in [0.2, 0.25) is 0 Å². The van der Waals surface area contributed by atoms with Gasteiger partial charge in [-0.1, -0.05) is 0 Å². The van der Waals surface area contributed by atoms with Crippen LogP contribution in [0.1, 0.15) is 25.0 Å². The first-order chi connectivity index (χ1) is 8.86. The summed E-state index contributed by atoms with van der Waals surface area (Å²) in [5.74, 6) is 2.41. The van der Waals surface area contributed by atoms with Crippen LogP contribution in [-0.2, 0) is 11.3 Å². The van der Waals surface area contributed by atoms with E-state index in [-0.39, 0.29) is 5.60 Å². The molecule has 2 aliphatic heterocycles. The molecule has 1 spiro atoms. The summed E-state index contributed by atoms with van der Waals surface area (Å²) in [4.78, 5) is 8.18. The molecule has 2 saturated heterocycles. The summed E-state index contributed by atoms with van der Waals surface area (Å²) in [5.41, 5.74) is 1.22. The quantitative estimate of drug-likeness (QED) is 0.900. The molecule has 1 N–H and O–H groups in total. The van der Waals surface area contributed by atoms with Gasteiger partial charge in [0.15, 0.2) is 0 Å². The van der Waals surface area contributed by atoms with Gasteiger partial charge in [0.05, 0.1) is 11.3 Å². The Hall–Kier alpha value is -0.650. The molecule has 2 aliphatic rings. The summed E-state index contributed by atoms with van der Waals surface area (Å²) < 4.78 is 6.02. The van der Waals surface area contributed by atoms with Crippen LogP contribution in [0.5, 0.6) is 0 Å². The number of hydrogen-bond acceptors (Lipinski definition) is 5. The van der Waals surface area contributed by atoms with Gasteiger partial charge >= 0.3 is 0 Å². The van der Waals surface area contributed by atoms with Crippen molar-refractivity contribution in [3.63, 3.8) is 0 Å². The van der Waals surface area contributed by atoms with Crippen molar-refractivity contribution < 1.29 is 4.74 Å². The van der Waals surface area contributed by atoms with Crippen LogP contribution < -0.4 is 5.32 Å². The van der Waals surface area contributed by atoms with Crippen LogP contribution in [-0.4, -0.2) is 39.7 Å². The van der Waals surface area contributed by atoms with Gasteiger partial charge in [-0.2, -0.15) is 11.8 Å². The largest absolute Gasteiger partial charge is 0.374 e. The van der Waals surface area contributed by atoms with Gasteiger partial charge in [-0.25, -0.2) is 9.97 Å². The molecule has 5 heteroatoms. The molecule has 1 aromatic rings. The maximum Gasteiger partial charge on any atom is 0.115 e. The maximum atomic E-state index is 6.02. The summed E-state index contributed by atoms with van der Waals surface area (Å²) in [6.45, 7) is 1.72. The van der Waals surface area contributed by atoms with Gasteiger partial charge in [-0.3, -0.25) is 0 Å². The Morgan fingerprint density at radius 1 is 1.56 bits per heavy atom. The molecule has 2 fully saturated rings. The standard InChI is InChI=1S/C13H19N3OS/c1-4-14-10-16-12(1)8-15-11-2-5-17-13(7-11)3-6-18-9-13/h1,4,10-11,15H,2-3,5-9H2. The number of nitrogens with zero attached hydrogens (tertiary/aromatic N) is 2. The highest BCUT2D eigenvalue weighted by Crippen LogP contribution is 2.38. The molecule has 0 radical (unpaired) electrons. The molecule has 3 rings (SSSR count). The molecule has 0 bridgehead atoms. The lowest BCUT2D eigenvalue weighted by Gasteiger charge is -2.38. The van der Waals surface area contributed by atoms with Crippen molar-refractivity contribution in [1.29, 1.82) is 0 Å². The average Bonchev–Trinajstić information content (AvgIpc) is 2.86. The lowest BCUT2D eigenvalue weighted by Crippen LogP contribution is -2.47. The fourth-order valence-electron chi connectivity index (χ4n) is 2.74. The van der Waals surface area contributed by atoms with Crippen molar-refractivity contribution >= 4 is 11.8 Å². The lowest BCUT2D eigenvalue weighted by molar-refractivity contribution is -0.0703. The highest BCUT2D eigenvalue weighted by atomic mass is 32.2. The minimum Gasteiger partial charge on any atom is -0.374 e. The normalized spacial score (nSPS) is 31.9. The summed E-state index contributed by atoms with van der Waals surface area (Å²) in [6.07, 6.45) is 6.87. The van der Waals surface area contributed by atoms with Crippen LogP contribution in [0.3, 0.4) is 0 Å². The Kier molecular flexibility index (Phi) is 3.82. The third kappa shape index (κ3) is 2.84. The van der Waals surface area contributed by atoms with Gasteiger partial charge in [0, 0.05) is 31.1 Å². The van der Waals surface area contributed by atoms with Crippen molar-refractivity contribution in [3.05, 3.63) is 24.3 Å². The topological polar surface area (TPSA) is 47.0 Å². The monoisotopic (exact) mass is 265 g/mol. The van der Waals surface area contributed by atoms with E-state index in [0.29, 0.717) is 6.04 Å². The van der Waals surface area contributed by atoms with E-state index in [1.807, 2.05) is 17.8 Å². The van der Waals surface area contributed by atoms with Gasteiger partial charge in [0.1, 0.15) is 6.33 Å². The van der Waals surface area contributed by atoms with E-state index in [1.54, 1.807) is 12.5 Å². The van der Waals surface area contributed by atoms with Crippen LogP contribution in [0.2, 0.25) is 0 Å². The summed E-state index contributed by atoms with van der Waals surface area (Å²) in [7, 11) is 0. The third-order valence-electron chi connectivity index (χ3n) is 3.78. The number of nitrogens with one attached hydrogen (secondary N) is 1. The zero-order valence-electron chi connectivity index (χ0n) is 10.5. The van der Waals surface area contributed by atoms with Crippen molar-refractivity contribution in [2.45, 2.75) is 37.5 Å². The Balaban J connectivity index is 1.54. The Labute approximate surface area is 112 Å². The van der Waals surface area contributed by atoms with E-state index in [0.717, 1.165) is 31.7 Å². The Morgan fingerprint density at radius 2 is 2.56 bits per heavy atom. The van der Waals surface area contributed by atoms with Crippen molar-refractivity contribution in [2.24, 2.45) is 0 Å². The molecule has 0 saturated carbocycles. The number of rotatable bonds is 3. The average molecular weight is 265 g/mol. The van der Waals surface area contributed by atoms with Gasteiger partial charge in [-0.05, 0) is 31.1 Å².